The third-order valence-corrected chi connectivity index (χ3v) is 4.31. The number of benzene rings is 1. The summed E-state index contributed by atoms with van der Waals surface area (Å²) in [7, 11) is 0. The van der Waals surface area contributed by atoms with Crippen LogP contribution in [0, 0.1) is 5.41 Å². The third-order valence-electron chi connectivity index (χ3n) is 4.31. The number of hydrogen-bond acceptors (Lipinski definition) is 4. The Bertz CT molecular complexity index is 1060. The molecule has 1 aromatic carbocycles. The molecule has 10 heteroatoms. The second kappa shape index (κ2) is 7.85. The Hall–Kier alpha value is -3.30. The van der Waals surface area contributed by atoms with Gasteiger partial charge in [-0.15, -0.1) is 0 Å². The van der Waals surface area contributed by atoms with Crippen LogP contribution in [0.15, 0.2) is 41.0 Å². The van der Waals surface area contributed by atoms with Crippen molar-refractivity contribution in [3.8, 4) is 0 Å². The maximum Gasteiger partial charge on any atom is 0.416 e. The van der Waals surface area contributed by atoms with Gasteiger partial charge in [0.1, 0.15) is 5.76 Å². The van der Waals surface area contributed by atoms with Crippen molar-refractivity contribution in [3.05, 3.63) is 47.9 Å². The molecule has 2 aromatic heterocycles. The van der Waals surface area contributed by atoms with Gasteiger partial charge in [-0.05, 0) is 30.3 Å². The van der Waals surface area contributed by atoms with Crippen LogP contribution in [0.3, 0.4) is 0 Å². The Balaban J connectivity index is 1.89. The molecular weight excluding hydrogens is 401 g/mol. The molecule has 0 saturated heterocycles. The van der Waals surface area contributed by atoms with Crippen molar-refractivity contribution in [2.24, 2.45) is 5.41 Å². The predicted octanol–water partition coefficient (Wildman–Crippen LogP) is 3.80. The first kappa shape index (κ1) is 21.4. The lowest BCUT2D eigenvalue weighted by Crippen LogP contribution is -2.39. The highest BCUT2D eigenvalue weighted by Crippen LogP contribution is 2.32. The number of amides is 2. The zero-order valence-corrected chi connectivity index (χ0v) is 16.6. The number of alkyl halides is 3. The molecule has 3 aromatic rings. The van der Waals surface area contributed by atoms with Crippen molar-refractivity contribution >= 4 is 28.8 Å². The van der Waals surface area contributed by atoms with Crippen LogP contribution in [-0.2, 0) is 22.3 Å². The van der Waals surface area contributed by atoms with E-state index < -0.39 is 23.1 Å². The van der Waals surface area contributed by atoms with Crippen LogP contribution in [0.1, 0.15) is 32.1 Å². The van der Waals surface area contributed by atoms with Crippen LogP contribution in [0.5, 0.6) is 0 Å². The first-order valence-electron chi connectivity index (χ1n) is 9.13. The van der Waals surface area contributed by atoms with Crippen molar-refractivity contribution < 1.29 is 27.2 Å². The zero-order valence-electron chi connectivity index (χ0n) is 16.6. The highest BCUT2D eigenvalue weighted by atomic mass is 19.4. The van der Waals surface area contributed by atoms with E-state index in [4.69, 9.17) is 4.42 Å². The molecule has 2 heterocycles. The number of furan rings is 1. The number of hydrogen-bond donors (Lipinski definition) is 2. The molecule has 7 nitrogen and oxygen atoms in total. The summed E-state index contributed by atoms with van der Waals surface area (Å²) in [6.45, 7) is 4.98. The average molecular weight is 422 g/mol. The molecule has 0 aliphatic rings. The van der Waals surface area contributed by atoms with Gasteiger partial charge in [-0.25, -0.2) is 4.98 Å². The SMILES string of the molecule is CC(C)(C)C(=O)NCC(=O)Nc1nc2cc(C(F)(F)F)ccc2n1Cc1ccco1. The van der Waals surface area contributed by atoms with E-state index in [1.54, 1.807) is 32.9 Å². The molecular formula is C20H21F3N4O3. The van der Waals surface area contributed by atoms with Crippen molar-refractivity contribution in [2.45, 2.75) is 33.5 Å². The second-order valence-electron chi connectivity index (χ2n) is 7.78. The quantitative estimate of drug-likeness (QED) is 0.655. The minimum absolute atomic E-state index is 0.0516. The maximum absolute atomic E-state index is 13.1. The summed E-state index contributed by atoms with van der Waals surface area (Å²) in [5, 5.41) is 5.07. The van der Waals surface area contributed by atoms with E-state index in [0.717, 1.165) is 12.1 Å². The van der Waals surface area contributed by atoms with Gasteiger partial charge in [-0.1, -0.05) is 20.8 Å². The smallest absolute Gasteiger partial charge is 0.416 e. The molecule has 0 unspecified atom stereocenters. The fourth-order valence-corrected chi connectivity index (χ4v) is 2.71. The van der Waals surface area contributed by atoms with Crippen molar-refractivity contribution in [1.82, 2.24) is 14.9 Å². The number of nitrogens with one attached hydrogen (secondary N) is 2. The van der Waals surface area contributed by atoms with Gasteiger partial charge in [0.05, 0.1) is 35.9 Å². The Morgan fingerprint density at radius 2 is 1.90 bits per heavy atom. The maximum atomic E-state index is 13.1. The van der Waals surface area contributed by atoms with E-state index in [-0.39, 0.29) is 30.5 Å². The summed E-state index contributed by atoms with van der Waals surface area (Å²) in [4.78, 5) is 28.4. The molecule has 0 saturated carbocycles. The molecule has 0 spiro atoms. The monoisotopic (exact) mass is 422 g/mol. The van der Waals surface area contributed by atoms with Gasteiger partial charge in [0.2, 0.25) is 17.8 Å². The van der Waals surface area contributed by atoms with Crippen molar-refractivity contribution in [2.75, 3.05) is 11.9 Å². The summed E-state index contributed by atoms with van der Waals surface area (Å²) < 4.78 is 46.0. The van der Waals surface area contributed by atoms with Gasteiger partial charge in [0.25, 0.3) is 0 Å². The first-order valence-corrected chi connectivity index (χ1v) is 9.13. The van der Waals surface area contributed by atoms with E-state index in [2.05, 4.69) is 15.6 Å². The lowest BCUT2D eigenvalue weighted by Gasteiger charge is -2.17. The molecule has 2 N–H and O–H groups in total. The molecule has 0 atom stereocenters. The molecule has 160 valence electrons. The van der Waals surface area contributed by atoms with E-state index in [0.29, 0.717) is 11.3 Å². The Morgan fingerprint density at radius 1 is 1.17 bits per heavy atom. The normalized spacial score (nSPS) is 12.2. The standard InChI is InChI=1S/C20H21F3N4O3/c1-19(2,3)17(29)24-10-16(28)26-18-25-14-9-12(20(21,22)23)6-7-15(14)27(18)11-13-5-4-8-30-13/h4-9H,10-11H2,1-3H3,(H,24,29)(H,25,26,28). The third kappa shape index (κ3) is 4.81. The largest absolute Gasteiger partial charge is 0.467 e. The highest BCUT2D eigenvalue weighted by Gasteiger charge is 2.31. The van der Waals surface area contributed by atoms with E-state index >= 15 is 0 Å². The van der Waals surface area contributed by atoms with Gasteiger partial charge < -0.3 is 14.3 Å². The Morgan fingerprint density at radius 3 is 2.50 bits per heavy atom. The number of carbonyl (C=O) groups is 2. The number of halogens is 3. The van der Waals surface area contributed by atoms with E-state index in [1.165, 1.54) is 16.9 Å². The molecule has 0 radical (unpaired) electrons. The van der Waals surface area contributed by atoms with Gasteiger partial charge in [-0.2, -0.15) is 13.2 Å². The van der Waals surface area contributed by atoms with Gasteiger partial charge >= 0.3 is 6.18 Å². The summed E-state index contributed by atoms with van der Waals surface area (Å²) in [5.74, 6) is -0.280. The number of fused-ring (bicyclic) bond motifs is 1. The number of imidazole rings is 1. The predicted molar refractivity (Wildman–Crippen MR) is 104 cm³/mol. The summed E-state index contributed by atoms with van der Waals surface area (Å²) in [5.41, 5.74) is -1.03. The summed E-state index contributed by atoms with van der Waals surface area (Å²) in [6, 6.07) is 6.55. The van der Waals surface area contributed by atoms with Crippen molar-refractivity contribution in [3.63, 3.8) is 0 Å². The van der Waals surface area contributed by atoms with Crippen LogP contribution in [0.25, 0.3) is 11.0 Å². The van der Waals surface area contributed by atoms with Gasteiger partial charge in [0, 0.05) is 5.41 Å². The lowest BCUT2D eigenvalue weighted by molar-refractivity contribution is -0.137. The van der Waals surface area contributed by atoms with Gasteiger partial charge in [0.15, 0.2) is 0 Å². The zero-order chi connectivity index (χ0) is 22.1. The summed E-state index contributed by atoms with van der Waals surface area (Å²) >= 11 is 0. The highest BCUT2D eigenvalue weighted by molar-refractivity contribution is 5.95. The number of carbonyl (C=O) groups excluding carboxylic acids is 2. The Labute approximate surface area is 170 Å². The molecule has 0 fully saturated rings. The number of anilines is 1. The topological polar surface area (TPSA) is 89.2 Å². The fourth-order valence-electron chi connectivity index (χ4n) is 2.71. The fraction of sp³-hybridized carbons (Fsp3) is 0.350. The summed E-state index contributed by atoms with van der Waals surface area (Å²) in [6.07, 6.45) is -3.05. The Kier molecular flexibility index (Phi) is 5.60. The van der Waals surface area contributed by atoms with Crippen LogP contribution in [0.2, 0.25) is 0 Å². The van der Waals surface area contributed by atoms with Crippen LogP contribution in [-0.4, -0.2) is 27.9 Å². The second-order valence-corrected chi connectivity index (χ2v) is 7.78. The minimum Gasteiger partial charge on any atom is -0.467 e. The van der Waals surface area contributed by atoms with Gasteiger partial charge in [-0.3, -0.25) is 14.9 Å². The number of aromatic nitrogens is 2. The van der Waals surface area contributed by atoms with E-state index in [9.17, 15) is 22.8 Å². The van der Waals surface area contributed by atoms with Crippen LogP contribution < -0.4 is 10.6 Å². The number of nitrogens with zero attached hydrogens (tertiary/aromatic N) is 2. The average Bonchev–Trinajstić information content (AvgIpc) is 3.26. The molecule has 2 amide bonds. The van der Waals surface area contributed by atoms with Crippen LogP contribution in [0.4, 0.5) is 19.1 Å². The van der Waals surface area contributed by atoms with Crippen LogP contribution >= 0.6 is 0 Å². The first-order chi connectivity index (χ1) is 13.9. The molecule has 0 aliphatic carbocycles. The molecule has 3 rings (SSSR count). The molecule has 30 heavy (non-hydrogen) atoms. The molecule has 0 bridgehead atoms. The number of rotatable bonds is 5. The lowest BCUT2D eigenvalue weighted by atomic mass is 9.96. The minimum atomic E-state index is -4.51. The van der Waals surface area contributed by atoms with Crippen molar-refractivity contribution in [1.29, 1.82) is 0 Å². The molecule has 0 aliphatic heterocycles. The van der Waals surface area contributed by atoms with E-state index in [1.807, 2.05) is 0 Å².